The van der Waals surface area contributed by atoms with Crippen LogP contribution in [0.25, 0.3) is 34.4 Å². The Kier molecular flexibility index (Phi) is 14.7. The van der Waals surface area contributed by atoms with Gasteiger partial charge >= 0.3 is 394 Å². The second kappa shape index (κ2) is 19.2. The first-order valence-corrected chi connectivity index (χ1v) is 40.1. The Morgan fingerprint density at radius 2 is 0.857 bits per heavy atom. The van der Waals surface area contributed by atoms with Crippen molar-refractivity contribution >= 4 is 51.7 Å². The molecule has 0 saturated heterocycles. The Bertz CT molecular complexity index is 2280. The van der Waals surface area contributed by atoms with Crippen LogP contribution in [0.2, 0.25) is 6.55 Å². The van der Waals surface area contributed by atoms with Crippen molar-refractivity contribution < 1.29 is 15.6 Å². The van der Waals surface area contributed by atoms with Gasteiger partial charge in [-0.1, -0.05) is 0 Å². The number of allylic oxidation sites excluding steroid dienone is 2. The van der Waals surface area contributed by atoms with E-state index in [0.717, 1.165) is 61.1 Å². The SMILES string of the molecule is CC[N+](CC)(CC)c1ccc(-c2cccc3c2C=C(CC(C)C)[CH]3[Zr]([Cl])([Cl])([CH]2C(CC(C)C)=Cc3c(-c4ccc([N+](CC)(CC)CC)cc4)cccc32)[SiH](C)c2ccccc2)cc1. The molecule has 2 nitrogen and oxygen atoms in total. The average Bonchev–Trinajstić information content (AvgIpc) is 3.87. The first-order valence-electron chi connectivity index (χ1n) is 24.4. The summed E-state index contributed by atoms with van der Waals surface area (Å²) in [5.74, 6) is -1.18. The molecule has 0 bridgehead atoms. The molecule has 7 rings (SSSR count). The van der Waals surface area contributed by atoms with Gasteiger partial charge in [0.05, 0.1) is 0 Å². The van der Waals surface area contributed by atoms with Gasteiger partial charge in [0.1, 0.15) is 0 Å². The van der Waals surface area contributed by atoms with E-state index in [1.54, 1.807) is 0 Å². The third-order valence-corrected chi connectivity index (χ3v) is 63.1. The van der Waals surface area contributed by atoms with Gasteiger partial charge in [-0.25, -0.2) is 0 Å². The van der Waals surface area contributed by atoms with Gasteiger partial charge in [0, 0.05) is 0 Å². The van der Waals surface area contributed by atoms with Gasteiger partial charge in [0.15, 0.2) is 0 Å². The predicted octanol–water partition coefficient (Wildman–Crippen LogP) is 15.7. The molecule has 63 heavy (non-hydrogen) atoms. The summed E-state index contributed by atoms with van der Waals surface area (Å²) in [6.45, 7) is 32.4. The van der Waals surface area contributed by atoms with E-state index in [1.165, 1.54) is 72.2 Å². The Labute approximate surface area is 391 Å². The third kappa shape index (κ3) is 8.47. The summed E-state index contributed by atoms with van der Waals surface area (Å²) in [4.78, 5) is 0. The van der Waals surface area contributed by atoms with Gasteiger partial charge in [-0.2, -0.15) is 0 Å². The molecule has 0 fully saturated rings. The van der Waals surface area contributed by atoms with Crippen LogP contribution < -0.4 is 14.2 Å². The maximum absolute atomic E-state index is 9.29. The number of nitrogens with zero attached hydrogens (tertiary/aromatic N) is 2. The molecular formula is C57H75Cl2N2SiZr+2. The van der Waals surface area contributed by atoms with E-state index in [1.807, 2.05) is 0 Å². The quantitative estimate of drug-likeness (QED) is 0.0606. The topological polar surface area (TPSA) is 0 Å². The molecule has 0 amide bonds. The Hall–Kier alpha value is -2.82. The fourth-order valence-electron chi connectivity index (χ4n) is 12.1. The van der Waals surface area contributed by atoms with E-state index in [-0.39, 0.29) is 7.25 Å². The summed E-state index contributed by atoms with van der Waals surface area (Å²) in [6, 6.07) is 44.3. The summed E-state index contributed by atoms with van der Waals surface area (Å²) in [6.07, 6.45) is 7.06. The van der Waals surface area contributed by atoms with Crippen LogP contribution in [0.5, 0.6) is 0 Å². The van der Waals surface area contributed by atoms with Crippen molar-refractivity contribution in [1.29, 1.82) is 0 Å². The van der Waals surface area contributed by atoms with Crippen molar-refractivity contribution in [3.05, 3.63) is 149 Å². The van der Waals surface area contributed by atoms with Crippen molar-refractivity contribution in [3.8, 4) is 22.3 Å². The first-order chi connectivity index (χ1) is 30.1. The van der Waals surface area contributed by atoms with E-state index in [4.69, 9.17) is 0 Å². The van der Waals surface area contributed by atoms with E-state index in [2.05, 4.69) is 203 Å². The minimum absolute atomic E-state index is 0.00432. The van der Waals surface area contributed by atoms with Gasteiger partial charge in [0.2, 0.25) is 0 Å². The van der Waals surface area contributed by atoms with Crippen LogP contribution in [-0.2, 0) is 15.6 Å². The molecule has 0 N–H and O–H groups in total. The molecule has 3 atom stereocenters. The minimum atomic E-state index is -5.33. The molecule has 0 radical (unpaired) electrons. The first kappa shape index (κ1) is 48.1. The Balaban J connectivity index is 1.46. The van der Waals surface area contributed by atoms with Crippen LogP contribution in [0.4, 0.5) is 11.4 Å². The molecule has 0 aliphatic heterocycles. The van der Waals surface area contributed by atoms with Crippen molar-refractivity contribution in [2.45, 2.75) is 95.9 Å². The van der Waals surface area contributed by atoms with E-state index in [9.17, 15) is 17.0 Å². The molecule has 2 aliphatic carbocycles. The molecule has 6 heteroatoms. The molecule has 2 aliphatic rings. The molecule has 5 aromatic carbocycles. The predicted molar refractivity (Wildman–Crippen MR) is 282 cm³/mol. The number of hydrogen-bond acceptors (Lipinski definition) is 0. The maximum atomic E-state index is 9.29. The molecule has 5 aromatic rings. The van der Waals surface area contributed by atoms with Gasteiger partial charge in [-0.3, -0.25) is 0 Å². The van der Waals surface area contributed by atoms with Crippen LogP contribution in [0.1, 0.15) is 112 Å². The number of hydrogen-bond donors (Lipinski definition) is 0. The Morgan fingerprint density at radius 1 is 0.492 bits per heavy atom. The van der Waals surface area contributed by atoms with Gasteiger partial charge in [-0.15, -0.1) is 0 Å². The molecule has 3 unspecified atom stereocenters. The number of quaternary nitrogens is 2. The zero-order chi connectivity index (χ0) is 45.3. The van der Waals surface area contributed by atoms with Crippen LogP contribution in [0.3, 0.4) is 0 Å². The fourth-order valence-corrected chi connectivity index (χ4v) is 52.7. The zero-order valence-electron chi connectivity index (χ0n) is 40.3. The van der Waals surface area contributed by atoms with Crippen LogP contribution >= 0.6 is 17.0 Å². The van der Waals surface area contributed by atoms with Crippen LogP contribution in [-0.4, -0.2) is 45.2 Å². The van der Waals surface area contributed by atoms with Gasteiger partial charge in [-0.05, 0) is 0 Å². The van der Waals surface area contributed by atoms with Crippen molar-refractivity contribution in [2.75, 3.05) is 39.3 Å². The average molecular weight is 978 g/mol. The van der Waals surface area contributed by atoms with Crippen molar-refractivity contribution in [1.82, 2.24) is 8.97 Å². The van der Waals surface area contributed by atoms with E-state index in [0.29, 0.717) is 11.8 Å². The molecular weight excluding hydrogens is 903 g/mol. The summed E-state index contributed by atoms with van der Waals surface area (Å²) in [7, 11) is 18.6. The fraction of sp³-hybridized carbons (Fsp3) is 0.404. The summed E-state index contributed by atoms with van der Waals surface area (Å²) in [5, 5.41) is 1.38. The Morgan fingerprint density at radius 3 is 1.19 bits per heavy atom. The summed E-state index contributed by atoms with van der Waals surface area (Å²) >= 11 is -5.33. The summed E-state index contributed by atoms with van der Waals surface area (Å²) < 4.78 is 1.97. The van der Waals surface area contributed by atoms with Crippen LogP contribution in [0.15, 0.2) is 126 Å². The molecule has 0 heterocycles. The third-order valence-electron chi connectivity index (χ3n) is 15.9. The standard InChI is InChI=1S/2C25H33N.C7H9Si.2ClH.Zr/c2*1-6-26(7-2,8-3)23-14-12-21(13-15-23)24-11-9-10-22-17-20(16-19(4)5)18-25(22)24;1-8-7-5-3-2-4-6-7;;;/h2*9-15,17-19H,6-8,16H2,1-5H3;2-6,8H,1H3;2*1H;/q2*+1;;;;+2/p-2. The zero-order valence-corrected chi connectivity index (χ0v) is 45.4. The molecule has 0 spiro atoms. The van der Waals surface area contributed by atoms with Gasteiger partial charge in [0.25, 0.3) is 0 Å². The van der Waals surface area contributed by atoms with E-state index < -0.39 is 21.5 Å². The molecule has 333 valence electrons. The van der Waals surface area contributed by atoms with Crippen molar-refractivity contribution in [2.24, 2.45) is 11.8 Å². The second-order valence-electron chi connectivity index (χ2n) is 19.8. The number of benzene rings is 5. The monoisotopic (exact) mass is 975 g/mol. The van der Waals surface area contributed by atoms with Crippen LogP contribution in [0, 0.1) is 11.8 Å². The molecule has 0 saturated carbocycles. The summed E-state index contributed by atoms with van der Waals surface area (Å²) in [5.41, 5.74) is 16.1. The number of halogens is 2. The number of rotatable bonds is 18. The van der Waals surface area contributed by atoms with Gasteiger partial charge < -0.3 is 0 Å². The number of fused-ring (bicyclic) bond motifs is 2. The second-order valence-corrected chi connectivity index (χ2v) is 59.9. The normalized spacial score (nSPS) is 17.6. The van der Waals surface area contributed by atoms with Crippen molar-refractivity contribution in [3.63, 3.8) is 0 Å². The molecule has 0 aromatic heterocycles. The van der Waals surface area contributed by atoms with E-state index >= 15 is 0 Å².